The average molecular weight is 326 g/mol. The van der Waals surface area contributed by atoms with Gasteiger partial charge < -0.3 is 5.32 Å². The number of carbonyl (C=O) groups excluding carboxylic acids is 1. The summed E-state index contributed by atoms with van der Waals surface area (Å²) in [5, 5.41) is 11.6. The predicted octanol–water partition coefficient (Wildman–Crippen LogP) is 2.01. The van der Waals surface area contributed by atoms with Crippen molar-refractivity contribution >= 4 is 28.5 Å². The highest BCUT2D eigenvalue weighted by molar-refractivity contribution is 14.1. The first-order chi connectivity index (χ1) is 7.63. The molecule has 4 heteroatoms. The lowest BCUT2D eigenvalue weighted by atomic mass is 10.1. The quantitative estimate of drug-likeness (QED) is 0.864. The SMILES string of the molecule is N#CC1(NC(=O)Cc2cccc(I)c2)CC1. The molecule has 0 atom stereocenters. The largest absolute Gasteiger partial charge is 0.338 e. The molecule has 1 amide bonds. The van der Waals surface area contributed by atoms with Crippen molar-refractivity contribution in [3.05, 3.63) is 33.4 Å². The highest BCUT2D eigenvalue weighted by Gasteiger charge is 2.44. The van der Waals surface area contributed by atoms with Crippen LogP contribution >= 0.6 is 22.6 Å². The highest BCUT2D eigenvalue weighted by Crippen LogP contribution is 2.34. The van der Waals surface area contributed by atoms with Gasteiger partial charge in [0.05, 0.1) is 12.5 Å². The molecule has 0 aliphatic heterocycles. The first-order valence-corrected chi connectivity index (χ1v) is 6.18. The third-order valence-corrected chi connectivity index (χ3v) is 3.27. The van der Waals surface area contributed by atoms with Crippen LogP contribution in [0.3, 0.4) is 0 Å². The summed E-state index contributed by atoms with van der Waals surface area (Å²) in [6.45, 7) is 0. The number of hydrogen-bond acceptors (Lipinski definition) is 2. The van der Waals surface area contributed by atoms with E-state index in [9.17, 15) is 4.79 Å². The summed E-state index contributed by atoms with van der Waals surface area (Å²) in [5.41, 5.74) is 0.428. The Morgan fingerprint density at radius 1 is 1.56 bits per heavy atom. The van der Waals surface area contributed by atoms with Gasteiger partial charge in [-0.3, -0.25) is 4.79 Å². The number of nitriles is 1. The van der Waals surface area contributed by atoms with Gasteiger partial charge in [-0.05, 0) is 53.1 Å². The third kappa shape index (κ3) is 2.73. The minimum absolute atomic E-state index is 0.0685. The molecule has 3 nitrogen and oxygen atoms in total. The van der Waals surface area contributed by atoms with Gasteiger partial charge in [-0.25, -0.2) is 0 Å². The second kappa shape index (κ2) is 4.42. The number of nitrogens with zero attached hydrogens (tertiary/aromatic N) is 1. The van der Waals surface area contributed by atoms with E-state index in [1.165, 1.54) is 0 Å². The fourth-order valence-electron chi connectivity index (χ4n) is 1.53. The van der Waals surface area contributed by atoms with E-state index in [4.69, 9.17) is 5.26 Å². The topological polar surface area (TPSA) is 52.9 Å². The number of benzene rings is 1. The maximum Gasteiger partial charge on any atom is 0.225 e. The van der Waals surface area contributed by atoms with E-state index in [0.717, 1.165) is 22.0 Å². The van der Waals surface area contributed by atoms with E-state index >= 15 is 0 Å². The Labute approximate surface area is 108 Å². The molecule has 1 aliphatic rings. The first-order valence-electron chi connectivity index (χ1n) is 5.10. The summed E-state index contributed by atoms with van der Waals surface area (Å²) in [6.07, 6.45) is 1.91. The highest BCUT2D eigenvalue weighted by atomic mass is 127. The summed E-state index contributed by atoms with van der Waals surface area (Å²) in [4.78, 5) is 11.7. The van der Waals surface area contributed by atoms with Crippen molar-refractivity contribution < 1.29 is 4.79 Å². The van der Waals surface area contributed by atoms with Gasteiger partial charge in [0.2, 0.25) is 5.91 Å². The van der Waals surface area contributed by atoms with Crippen molar-refractivity contribution in [3.63, 3.8) is 0 Å². The van der Waals surface area contributed by atoms with Gasteiger partial charge in [0.1, 0.15) is 5.54 Å². The maximum absolute atomic E-state index is 11.7. The van der Waals surface area contributed by atoms with Crippen LogP contribution in [0.15, 0.2) is 24.3 Å². The minimum atomic E-state index is -0.557. The lowest BCUT2D eigenvalue weighted by Gasteiger charge is -2.09. The van der Waals surface area contributed by atoms with E-state index < -0.39 is 5.54 Å². The minimum Gasteiger partial charge on any atom is -0.338 e. The van der Waals surface area contributed by atoms with Crippen LogP contribution in [-0.2, 0) is 11.2 Å². The summed E-state index contributed by atoms with van der Waals surface area (Å²) >= 11 is 2.22. The predicted molar refractivity (Wildman–Crippen MR) is 68.6 cm³/mol. The number of halogens is 1. The number of rotatable bonds is 3. The molecular weight excluding hydrogens is 315 g/mol. The Kier molecular flexibility index (Phi) is 3.15. The zero-order chi connectivity index (χ0) is 11.6. The Bertz CT molecular complexity index is 460. The van der Waals surface area contributed by atoms with Crippen LogP contribution in [0.5, 0.6) is 0 Å². The average Bonchev–Trinajstić information content (AvgIpc) is 2.98. The van der Waals surface area contributed by atoms with Gasteiger partial charge >= 0.3 is 0 Å². The standard InChI is InChI=1S/C12H11IN2O/c13-10-3-1-2-9(6-10)7-11(16)15-12(8-14)4-5-12/h1-3,6H,4-5,7H2,(H,15,16). The molecule has 1 aromatic rings. The van der Waals surface area contributed by atoms with E-state index in [0.29, 0.717) is 6.42 Å². The fourth-order valence-corrected chi connectivity index (χ4v) is 2.14. The van der Waals surface area contributed by atoms with E-state index in [1.807, 2.05) is 24.3 Å². The molecule has 0 spiro atoms. The van der Waals surface area contributed by atoms with Gasteiger partial charge in [0.15, 0.2) is 0 Å². The van der Waals surface area contributed by atoms with Crippen molar-refractivity contribution in [1.29, 1.82) is 5.26 Å². The summed E-state index contributed by atoms with van der Waals surface area (Å²) in [5.74, 6) is -0.0685. The molecule has 1 aromatic carbocycles. The molecular formula is C12H11IN2O. The smallest absolute Gasteiger partial charge is 0.225 e. The number of nitrogens with one attached hydrogen (secondary N) is 1. The Hall–Kier alpha value is -1.09. The van der Waals surface area contributed by atoms with Crippen LogP contribution in [0, 0.1) is 14.9 Å². The van der Waals surface area contributed by atoms with Crippen LogP contribution in [0.1, 0.15) is 18.4 Å². The molecule has 0 saturated heterocycles. The Morgan fingerprint density at radius 3 is 2.88 bits per heavy atom. The molecule has 2 rings (SSSR count). The monoisotopic (exact) mass is 326 g/mol. The molecule has 1 saturated carbocycles. The van der Waals surface area contributed by atoms with Crippen LogP contribution in [0.4, 0.5) is 0 Å². The van der Waals surface area contributed by atoms with Gasteiger partial charge in [0, 0.05) is 3.57 Å². The second-order valence-corrected chi connectivity index (χ2v) is 5.29. The first kappa shape index (κ1) is 11.4. The fraction of sp³-hybridized carbons (Fsp3) is 0.333. The molecule has 1 aliphatic carbocycles. The lowest BCUT2D eigenvalue weighted by molar-refractivity contribution is -0.121. The summed E-state index contributed by atoms with van der Waals surface area (Å²) < 4.78 is 1.12. The maximum atomic E-state index is 11.7. The number of carbonyl (C=O) groups is 1. The zero-order valence-corrected chi connectivity index (χ0v) is 10.8. The van der Waals surface area contributed by atoms with Crippen molar-refractivity contribution in [2.75, 3.05) is 0 Å². The number of amides is 1. The van der Waals surface area contributed by atoms with Gasteiger partial charge in [0.25, 0.3) is 0 Å². The normalized spacial score (nSPS) is 16.2. The van der Waals surface area contributed by atoms with E-state index in [2.05, 4.69) is 34.0 Å². The Morgan fingerprint density at radius 2 is 2.31 bits per heavy atom. The van der Waals surface area contributed by atoms with Crippen LogP contribution < -0.4 is 5.32 Å². The van der Waals surface area contributed by atoms with Crippen molar-refractivity contribution in [3.8, 4) is 6.07 Å². The summed E-state index contributed by atoms with van der Waals surface area (Å²) in [7, 11) is 0. The van der Waals surface area contributed by atoms with Crippen molar-refractivity contribution in [2.24, 2.45) is 0 Å². The second-order valence-electron chi connectivity index (χ2n) is 4.05. The molecule has 0 bridgehead atoms. The molecule has 16 heavy (non-hydrogen) atoms. The molecule has 0 radical (unpaired) electrons. The van der Waals surface area contributed by atoms with Gasteiger partial charge in [-0.15, -0.1) is 0 Å². The number of hydrogen-bond donors (Lipinski definition) is 1. The van der Waals surface area contributed by atoms with Crippen molar-refractivity contribution in [1.82, 2.24) is 5.32 Å². The molecule has 82 valence electrons. The molecule has 0 heterocycles. The van der Waals surface area contributed by atoms with Crippen molar-refractivity contribution in [2.45, 2.75) is 24.8 Å². The van der Waals surface area contributed by atoms with Crippen LogP contribution in [0.25, 0.3) is 0 Å². The molecule has 0 unspecified atom stereocenters. The van der Waals surface area contributed by atoms with E-state index in [1.54, 1.807) is 0 Å². The Balaban J connectivity index is 1.96. The molecule has 1 fully saturated rings. The zero-order valence-electron chi connectivity index (χ0n) is 8.66. The van der Waals surface area contributed by atoms with Crippen LogP contribution in [0.2, 0.25) is 0 Å². The lowest BCUT2D eigenvalue weighted by Crippen LogP contribution is -2.36. The van der Waals surface area contributed by atoms with Gasteiger partial charge in [-0.1, -0.05) is 12.1 Å². The third-order valence-electron chi connectivity index (χ3n) is 2.60. The van der Waals surface area contributed by atoms with Gasteiger partial charge in [-0.2, -0.15) is 5.26 Å². The summed E-state index contributed by atoms with van der Waals surface area (Å²) in [6, 6.07) is 9.97. The van der Waals surface area contributed by atoms with E-state index in [-0.39, 0.29) is 5.91 Å². The van der Waals surface area contributed by atoms with Crippen LogP contribution in [-0.4, -0.2) is 11.4 Å². The molecule has 0 aromatic heterocycles. The molecule has 1 N–H and O–H groups in total.